The fraction of sp³-hybridized carbons (Fsp3) is 0.500. The third kappa shape index (κ3) is 4.64. The van der Waals surface area contributed by atoms with Gasteiger partial charge >= 0.3 is 0 Å². The van der Waals surface area contributed by atoms with Gasteiger partial charge < -0.3 is 15.4 Å². The van der Waals surface area contributed by atoms with Crippen molar-refractivity contribution in [2.75, 3.05) is 24.2 Å². The second-order valence-corrected chi connectivity index (χ2v) is 9.89. The first-order valence-electron chi connectivity index (χ1n) is 10.1. The van der Waals surface area contributed by atoms with Crippen molar-refractivity contribution in [2.45, 2.75) is 50.3 Å². The summed E-state index contributed by atoms with van der Waals surface area (Å²) in [6, 6.07) is 0. The van der Waals surface area contributed by atoms with Gasteiger partial charge in [-0.15, -0.1) is 11.3 Å². The zero-order chi connectivity index (χ0) is 21.1. The molecule has 2 N–H and O–H groups in total. The Morgan fingerprint density at radius 1 is 1.33 bits per heavy atom. The van der Waals surface area contributed by atoms with Crippen molar-refractivity contribution in [1.29, 1.82) is 0 Å². The monoisotopic (exact) mass is 466 g/mol. The first-order valence-corrected chi connectivity index (χ1v) is 12.3. The fourth-order valence-corrected chi connectivity index (χ4v) is 5.70. The molecule has 1 aliphatic carbocycles. The number of fused-ring (bicyclic) bond motifs is 1. The molecule has 0 spiro atoms. The Morgan fingerprint density at radius 2 is 2.20 bits per heavy atom. The third-order valence-corrected chi connectivity index (χ3v) is 7.33. The quantitative estimate of drug-likeness (QED) is 0.474. The van der Waals surface area contributed by atoms with E-state index in [1.807, 2.05) is 6.92 Å². The molecule has 160 valence electrons. The van der Waals surface area contributed by atoms with E-state index in [1.54, 1.807) is 0 Å². The molecule has 2 aliphatic rings. The minimum absolute atomic E-state index is 0.0630. The van der Waals surface area contributed by atoms with Crippen molar-refractivity contribution >= 4 is 51.5 Å². The van der Waals surface area contributed by atoms with Crippen molar-refractivity contribution in [2.24, 2.45) is 0 Å². The summed E-state index contributed by atoms with van der Waals surface area (Å²) in [7, 11) is 0. The summed E-state index contributed by atoms with van der Waals surface area (Å²) >= 11 is 9.07. The average molecular weight is 467 g/mol. The normalized spacial score (nSPS) is 17.7. The molecule has 2 aromatic rings. The number of thiophene rings is 1. The predicted molar refractivity (Wildman–Crippen MR) is 119 cm³/mol. The predicted octanol–water partition coefficient (Wildman–Crippen LogP) is 3.95. The number of carbonyl (C=O) groups is 2. The smallest absolute Gasteiger partial charge is 0.276 e. The number of carbonyl (C=O) groups excluding carboxylic acids is 2. The number of halogens is 1. The molecule has 0 bridgehead atoms. The van der Waals surface area contributed by atoms with E-state index < -0.39 is 5.91 Å². The summed E-state index contributed by atoms with van der Waals surface area (Å²) in [4.78, 5) is 35.5. The van der Waals surface area contributed by atoms with Crippen molar-refractivity contribution < 1.29 is 14.3 Å². The lowest BCUT2D eigenvalue weighted by atomic mass is 10.1. The van der Waals surface area contributed by atoms with Gasteiger partial charge in [-0.1, -0.05) is 30.3 Å². The molecule has 2 aromatic heterocycles. The Kier molecular flexibility index (Phi) is 6.92. The van der Waals surface area contributed by atoms with Crippen LogP contribution in [0.2, 0.25) is 5.02 Å². The SMILES string of the molecule is CCSc1ncc(Cl)c(C(=O)Nc2sc3c(c2C(=O)NC[C@H]2CCCO2)CCC3)n1. The minimum atomic E-state index is -0.437. The first kappa shape index (κ1) is 21.5. The number of thioether (sulfide) groups is 1. The van der Waals surface area contributed by atoms with Gasteiger partial charge in [0.2, 0.25) is 0 Å². The Morgan fingerprint density at radius 3 is 2.97 bits per heavy atom. The molecular weight excluding hydrogens is 444 g/mol. The molecule has 3 heterocycles. The highest BCUT2D eigenvalue weighted by Gasteiger charge is 2.29. The number of ether oxygens (including phenoxy) is 1. The molecule has 1 atom stereocenters. The van der Waals surface area contributed by atoms with Gasteiger partial charge in [0.25, 0.3) is 11.8 Å². The molecule has 0 aromatic carbocycles. The molecule has 1 saturated heterocycles. The number of nitrogens with one attached hydrogen (secondary N) is 2. The van der Waals surface area contributed by atoms with E-state index in [4.69, 9.17) is 16.3 Å². The van der Waals surface area contributed by atoms with Crippen LogP contribution in [0.3, 0.4) is 0 Å². The van der Waals surface area contributed by atoms with E-state index >= 15 is 0 Å². The molecular formula is C20H23ClN4O3S2. The standard InChI is InChI=1S/C20H23ClN4O3S2/c1-2-29-20-23-10-13(21)16(24-20)18(27)25-19-15(12-6-3-7-14(12)30-19)17(26)22-9-11-5-4-8-28-11/h10-11H,2-9H2,1H3,(H,22,26)(H,25,27)/t11-/m1/s1. The number of rotatable bonds is 7. The van der Waals surface area contributed by atoms with Gasteiger partial charge in [0.1, 0.15) is 5.00 Å². The van der Waals surface area contributed by atoms with Crippen LogP contribution in [0.1, 0.15) is 57.5 Å². The summed E-state index contributed by atoms with van der Waals surface area (Å²) in [6.07, 6.45) is 6.27. The van der Waals surface area contributed by atoms with E-state index in [0.29, 0.717) is 22.3 Å². The van der Waals surface area contributed by atoms with Gasteiger partial charge in [-0.25, -0.2) is 9.97 Å². The number of amides is 2. The molecule has 2 amide bonds. The summed E-state index contributed by atoms with van der Waals surface area (Å²) in [5, 5.41) is 7.09. The highest BCUT2D eigenvalue weighted by Crippen LogP contribution is 2.39. The van der Waals surface area contributed by atoms with Gasteiger partial charge in [0.15, 0.2) is 10.9 Å². The van der Waals surface area contributed by atoms with E-state index in [1.165, 1.54) is 29.3 Å². The highest BCUT2D eigenvalue weighted by atomic mass is 35.5. The van der Waals surface area contributed by atoms with Crippen LogP contribution < -0.4 is 10.6 Å². The molecule has 30 heavy (non-hydrogen) atoms. The van der Waals surface area contributed by atoms with Crippen LogP contribution in [0.15, 0.2) is 11.4 Å². The molecule has 7 nitrogen and oxygen atoms in total. The number of anilines is 1. The largest absolute Gasteiger partial charge is 0.376 e. The third-order valence-electron chi connectivity index (χ3n) is 5.10. The molecule has 0 radical (unpaired) electrons. The highest BCUT2D eigenvalue weighted by molar-refractivity contribution is 7.99. The Balaban J connectivity index is 1.55. The molecule has 0 unspecified atom stereocenters. The Labute approximate surface area is 188 Å². The van der Waals surface area contributed by atoms with Gasteiger partial charge in [-0.05, 0) is 43.4 Å². The fourth-order valence-electron chi connectivity index (χ4n) is 3.70. The van der Waals surface area contributed by atoms with Crippen LogP contribution in [-0.4, -0.2) is 46.8 Å². The molecule has 4 rings (SSSR count). The lowest BCUT2D eigenvalue weighted by Crippen LogP contribution is -2.32. The summed E-state index contributed by atoms with van der Waals surface area (Å²) < 4.78 is 5.60. The zero-order valence-corrected chi connectivity index (χ0v) is 19.0. The van der Waals surface area contributed by atoms with Gasteiger partial charge in [-0.3, -0.25) is 9.59 Å². The summed E-state index contributed by atoms with van der Waals surface area (Å²) in [5.74, 6) is 0.180. The second kappa shape index (κ2) is 9.64. The minimum Gasteiger partial charge on any atom is -0.376 e. The van der Waals surface area contributed by atoms with E-state index in [9.17, 15) is 9.59 Å². The lowest BCUT2D eigenvalue weighted by Gasteiger charge is -2.13. The number of hydrogen-bond donors (Lipinski definition) is 2. The van der Waals surface area contributed by atoms with Crippen LogP contribution in [0, 0.1) is 0 Å². The van der Waals surface area contributed by atoms with Crippen molar-refractivity contribution in [3.8, 4) is 0 Å². The van der Waals surface area contributed by atoms with Crippen LogP contribution in [-0.2, 0) is 17.6 Å². The van der Waals surface area contributed by atoms with Crippen LogP contribution in [0.25, 0.3) is 0 Å². The van der Waals surface area contributed by atoms with Crippen LogP contribution in [0.4, 0.5) is 5.00 Å². The lowest BCUT2D eigenvalue weighted by molar-refractivity contribution is 0.0858. The zero-order valence-electron chi connectivity index (χ0n) is 16.6. The summed E-state index contributed by atoms with van der Waals surface area (Å²) in [5.41, 5.74) is 1.71. The van der Waals surface area contributed by atoms with Crippen LogP contribution >= 0.6 is 34.7 Å². The second-order valence-electron chi connectivity index (χ2n) is 7.14. The van der Waals surface area contributed by atoms with E-state index in [2.05, 4.69) is 20.6 Å². The average Bonchev–Trinajstić information content (AvgIpc) is 3.45. The van der Waals surface area contributed by atoms with E-state index in [-0.39, 0.29) is 22.7 Å². The summed E-state index contributed by atoms with van der Waals surface area (Å²) in [6.45, 7) is 3.21. The van der Waals surface area contributed by atoms with E-state index in [0.717, 1.165) is 54.9 Å². The number of aryl methyl sites for hydroxylation is 1. The maximum absolute atomic E-state index is 13.0. The Hall–Kier alpha value is -1.68. The maximum Gasteiger partial charge on any atom is 0.276 e. The Bertz CT molecular complexity index is 960. The van der Waals surface area contributed by atoms with Crippen molar-refractivity contribution in [3.05, 3.63) is 32.9 Å². The molecule has 0 saturated carbocycles. The molecule has 1 fully saturated rings. The molecule has 1 aliphatic heterocycles. The molecule has 10 heteroatoms. The van der Waals surface area contributed by atoms with Gasteiger partial charge in [0, 0.05) is 18.0 Å². The number of nitrogens with zero attached hydrogens (tertiary/aromatic N) is 2. The van der Waals surface area contributed by atoms with Gasteiger partial charge in [0.05, 0.1) is 22.9 Å². The number of aromatic nitrogens is 2. The maximum atomic E-state index is 13.0. The van der Waals surface area contributed by atoms with Gasteiger partial charge in [-0.2, -0.15) is 0 Å². The topological polar surface area (TPSA) is 93.2 Å². The number of hydrogen-bond acceptors (Lipinski definition) is 7. The van der Waals surface area contributed by atoms with Crippen molar-refractivity contribution in [3.63, 3.8) is 0 Å². The first-order chi connectivity index (χ1) is 14.6. The van der Waals surface area contributed by atoms with Crippen molar-refractivity contribution in [1.82, 2.24) is 15.3 Å². The van der Waals surface area contributed by atoms with Crippen LogP contribution in [0.5, 0.6) is 0 Å².